The van der Waals surface area contributed by atoms with Crippen LogP contribution in [0.5, 0.6) is 0 Å². The zero-order chi connectivity index (χ0) is 11.5. The number of carboxylic acids is 1. The molecule has 1 aliphatic rings. The van der Waals surface area contributed by atoms with Crippen molar-refractivity contribution in [2.45, 2.75) is 26.7 Å². The fraction of sp³-hybridized carbons (Fsp3) is 0.909. The van der Waals surface area contributed by atoms with Crippen molar-refractivity contribution < 1.29 is 14.3 Å². The van der Waals surface area contributed by atoms with Crippen molar-refractivity contribution in [3.05, 3.63) is 0 Å². The summed E-state index contributed by atoms with van der Waals surface area (Å²) in [6.45, 7) is 5.61. The molecule has 1 N–H and O–H groups in total. The van der Waals surface area contributed by atoms with Crippen molar-refractivity contribution >= 4 is 5.97 Å². The van der Waals surface area contributed by atoms with Crippen molar-refractivity contribution in [2.75, 3.05) is 26.3 Å². The molecule has 0 spiro atoms. The standard InChI is InChI=1S/C11H20FNO2/c1-9(2)11(10(14)15)4-7-13(8-11)6-3-5-12/h9H,3-8H2,1-2H3,(H,14,15). The maximum atomic E-state index is 12.0. The molecule has 1 atom stereocenters. The van der Waals surface area contributed by atoms with E-state index in [1.54, 1.807) is 0 Å². The van der Waals surface area contributed by atoms with Gasteiger partial charge in [-0.3, -0.25) is 9.18 Å². The highest BCUT2D eigenvalue weighted by Crippen LogP contribution is 2.38. The van der Waals surface area contributed by atoms with Crippen molar-refractivity contribution in [1.82, 2.24) is 4.90 Å². The van der Waals surface area contributed by atoms with Crippen LogP contribution < -0.4 is 0 Å². The summed E-state index contributed by atoms with van der Waals surface area (Å²) in [5.74, 6) is -0.578. The number of likely N-dealkylation sites (tertiary alicyclic amines) is 1. The van der Waals surface area contributed by atoms with E-state index in [0.717, 1.165) is 6.54 Å². The lowest BCUT2D eigenvalue weighted by atomic mass is 9.76. The van der Waals surface area contributed by atoms with Crippen LogP contribution in [0.1, 0.15) is 26.7 Å². The summed E-state index contributed by atoms with van der Waals surface area (Å²) < 4.78 is 12.0. The minimum atomic E-state index is -0.708. The zero-order valence-corrected chi connectivity index (χ0v) is 9.50. The number of carbonyl (C=O) groups is 1. The van der Waals surface area contributed by atoms with E-state index in [4.69, 9.17) is 0 Å². The maximum Gasteiger partial charge on any atom is 0.311 e. The summed E-state index contributed by atoms with van der Waals surface area (Å²) in [5, 5.41) is 9.28. The van der Waals surface area contributed by atoms with Gasteiger partial charge in [0.15, 0.2) is 0 Å². The number of rotatable bonds is 5. The van der Waals surface area contributed by atoms with Gasteiger partial charge in [-0.1, -0.05) is 13.8 Å². The van der Waals surface area contributed by atoms with Crippen LogP contribution in [0.2, 0.25) is 0 Å². The van der Waals surface area contributed by atoms with Crippen molar-refractivity contribution in [3.8, 4) is 0 Å². The van der Waals surface area contributed by atoms with E-state index in [2.05, 4.69) is 4.90 Å². The topological polar surface area (TPSA) is 40.5 Å². The fourth-order valence-electron chi connectivity index (χ4n) is 2.28. The highest BCUT2D eigenvalue weighted by molar-refractivity contribution is 5.75. The Morgan fingerprint density at radius 1 is 1.60 bits per heavy atom. The van der Waals surface area contributed by atoms with Gasteiger partial charge >= 0.3 is 5.97 Å². The van der Waals surface area contributed by atoms with Gasteiger partial charge in [0, 0.05) is 13.1 Å². The van der Waals surface area contributed by atoms with Crippen molar-refractivity contribution in [3.63, 3.8) is 0 Å². The van der Waals surface area contributed by atoms with Crippen LogP contribution in [0.3, 0.4) is 0 Å². The van der Waals surface area contributed by atoms with Crippen molar-refractivity contribution in [1.29, 1.82) is 0 Å². The van der Waals surface area contributed by atoms with E-state index in [1.807, 2.05) is 13.8 Å². The molecule has 1 unspecified atom stereocenters. The monoisotopic (exact) mass is 217 g/mol. The smallest absolute Gasteiger partial charge is 0.311 e. The van der Waals surface area contributed by atoms with Crippen LogP contribution in [0.4, 0.5) is 4.39 Å². The molecule has 1 rings (SSSR count). The maximum absolute atomic E-state index is 12.0. The van der Waals surface area contributed by atoms with Gasteiger partial charge in [-0.05, 0) is 25.3 Å². The molecule has 0 bridgehead atoms. The molecule has 0 aliphatic carbocycles. The second kappa shape index (κ2) is 4.92. The molecular weight excluding hydrogens is 197 g/mol. The summed E-state index contributed by atoms with van der Waals surface area (Å²) >= 11 is 0. The first-order valence-corrected chi connectivity index (χ1v) is 5.54. The number of nitrogens with zero attached hydrogens (tertiary/aromatic N) is 1. The van der Waals surface area contributed by atoms with Gasteiger partial charge in [-0.25, -0.2) is 0 Å². The van der Waals surface area contributed by atoms with E-state index >= 15 is 0 Å². The van der Waals surface area contributed by atoms with E-state index in [9.17, 15) is 14.3 Å². The molecule has 1 saturated heterocycles. The van der Waals surface area contributed by atoms with Crippen molar-refractivity contribution in [2.24, 2.45) is 11.3 Å². The Balaban J connectivity index is 2.60. The Bertz CT molecular complexity index is 233. The third-order valence-electron chi connectivity index (χ3n) is 3.52. The molecule has 0 aromatic heterocycles. The van der Waals surface area contributed by atoms with Crippen LogP contribution >= 0.6 is 0 Å². The number of hydrogen-bond acceptors (Lipinski definition) is 2. The van der Waals surface area contributed by atoms with Gasteiger partial charge in [0.05, 0.1) is 12.1 Å². The van der Waals surface area contributed by atoms with Gasteiger partial charge in [-0.15, -0.1) is 0 Å². The van der Waals surface area contributed by atoms with Crippen LogP contribution in [0, 0.1) is 11.3 Å². The second-order valence-corrected chi connectivity index (χ2v) is 4.68. The minimum Gasteiger partial charge on any atom is -0.481 e. The number of alkyl halides is 1. The molecule has 0 aromatic carbocycles. The molecule has 15 heavy (non-hydrogen) atoms. The van der Waals surface area contributed by atoms with Crippen LogP contribution in [-0.4, -0.2) is 42.3 Å². The first-order valence-electron chi connectivity index (χ1n) is 5.54. The highest BCUT2D eigenvalue weighted by Gasteiger charge is 2.46. The fourth-order valence-corrected chi connectivity index (χ4v) is 2.28. The SMILES string of the molecule is CC(C)C1(C(=O)O)CCN(CCCF)C1. The third-order valence-corrected chi connectivity index (χ3v) is 3.52. The number of hydrogen-bond donors (Lipinski definition) is 1. The Kier molecular flexibility index (Phi) is 4.08. The molecule has 0 aromatic rings. The predicted molar refractivity (Wildman–Crippen MR) is 56.6 cm³/mol. The van der Waals surface area contributed by atoms with Gasteiger partial charge in [-0.2, -0.15) is 0 Å². The van der Waals surface area contributed by atoms with Crippen LogP contribution in [0.25, 0.3) is 0 Å². The highest BCUT2D eigenvalue weighted by atomic mass is 19.1. The Morgan fingerprint density at radius 2 is 2.27 bits per heavy atom. The van der Waals surface area contributed by atoms with E-state index < -0.39 is 11.4 Å². The first-order chi connectivity index (χ1) is 7.03. The molecule has 88 valence electrons. The van der Waals surface area contributed by atoms with Gasteiger partial charge in [0.25, 0.3) is 0 Å². The average molecular weight is 217 g/mol. The van der Waals surface area contributed by atoms with Crippen LogP contribution in [0.15, 0.2) is 0 Å². The molecular formula is C11H20FNO2. The lowest BCUT2D eigenvalue weighted by Gasteiger charge is -2.28. The molecule has 0 saturated carbocycles. The lowest BCUT2D eigenvalue weighted by molar-refractivity contribution is -0.151. The predicted octanol–water partition coefficient (Wildman–Crippen LogP) is 1.78. The molecule has 1 fully saturated rings. The minimum absolute atomic E-state index is 0.130. The van der Waals surface area contributed by atoms with E-state index in [0.29, 0.717) is 25.9 Å². The second-order valence-electron chi connectivity index (χ2n) is 4.68. The summed E-state index contributed by atoms with van der Waals surface area (Å²) in [5.41, 5.74) is -0.615. The number of carboxylic acid groups (broad SMARTS) is 1. The molecule has 1 heterocycles. The van der Waals surface area contributed by atoms with Gasteiger partial charge in [0.1, 0.15) is 0 Å². The van der Waals surface area contributed by atoms with Crippen LogP contribution in [-0.2, 0) is 4.79 Å². The van der Waals surface area contributed by atoms with E-state index in [1.165, 1.54) is 0 Å². The summed E-state index contributed by atoms with van der Waals surface area (Å²) in [4.78, 5) is 13.3. The Labute approximate surface area is 90.3 Å². The zero-order valence-electron chi connectivity index (χ0n) is 9.50. The molecule has 0 amide bonds. The number of halogens is 1. The lowest BCUT2D eigenvalue weighted by Crippen LogP contribution is -2.39. The van der Waals surface area contributed by atoms with E-state index in [-0.39, 0.29) is 12.6 Å². The molecule has 3 nitrogen and oxygen atoms in total. The summed E-state index contributed by atoms with van der Waals surface area (Å²) in [7, 11) is 0. The summed E-state index contributed by atoms with van der Waals surface area (Å²) in [6, 6.07) is 0. The molecule has 0 radical (unpaired) electrons. The van der Waals surface area contributed by atoms with Gasteiger partial charge in [0.2, 0.25) is 0 Å². The normalized spacial score (nSPS) is 27.5. The summed E-state index contributed by atoms with van der Waals surface area (Å²) in [6.07, 6.45) is 1.19. The average Bonchev–Trinajstić information content (AvgIpc) is 2.60. The third kappa shape index (κ3) is 2.48. The Morgan fingerprint density at radius 3 is 2.67 bits per heavy atom. The molecule has 1 aliphatic heterocycles. The first kappa shape index (κ1) is 12.4. The van der Waals surface area contributed by atoms with Gasteiger partial charge < -0.3 is 10.0 Å². The number of aliphatic carboxylic acids is 1. The largest absolute Gasteiger partial charge is 0.481 e. The quantitative estimate of drug-likeness (QED) is 0.763. The molecule has 4 heteroatoms. The Hall–Kier alpha value is -0.640.